The van der Waals surface area contributed by atoms with Gasteiger partial charge in [-0.25, -0.2) is 0 Å². The van der Waals surface area contributed by atoms with E-state index in [2.05, 4.69) is 170 Å². The highest BCUT2D eigenvalue weighted by Gasteiger charge is 2.20. The predicted molar refractivity (Wildman–Crippen MR) is 218 cm³/mol. The number of furan rings is 1. The van der Waals surface area contributed by atoms with Crippen molar-refractivity contribution in [1.82, 2.24) is 0 Å². The molecule has 1 heterocycles. The van der Waals surface area contributed by atoms with Crippen LogP contribution < -0.4 is 0 Å². The molecule has 0 bridgehead atoms. The first-order valence-corrected chi connectivity index (χ1v) is 17.6. The molecule has 51 heavy (non-hydrogen) atoms. The number of rotatable bonds is 3. The van der Waals surface area contributed by atoms with Crippen molar-refractivity contribution in [2.75, 3.05) is 0 Å². The normalized spacial score (nSPS) is 11.9. The van der Waals surface area contributed by atoms with Crippen LogP contribution in [-0.2, 0) is 0 Å². The topological polar surface area (TPSA) is 13.1 Å². The Kier molecular flexibility index (Phi) is 6.02. The molecule has 11 rings (SSSR count). The Bertz CT molecular complexity index is 3130. The Hall–Kier alpha value is -6.70. The first kappa shape index (κ1) is 28.2. The molecule has 236 valence electrons. The van der Waals surface area contributed by atoms with Crippen LogP contribution in [0, 0.1) is 0 Å². The Labute approximate surface area is 294 Å². The Morgan fingerprint density at radius 2 is 0.686 bits per heavy atom. The Morgan fingerprint density at radius 1 is 0.235 bits per heavy atom. The average molecular weight is 647 g/mol. The standard InChI is InChI=1S/C50H30O/c1-2-14-31(15-3-1)49-39-21-8-10-23-41(39)50(42-24-11-9-22-40(42)49)46-30-45-34-17-5-4-16-33(34)43(29-44(45)35-18-6-7-19-36(35)46)32-26-27-38-37-20-12-13-25-47(37)51-48(38)28-32/h1-30H. The lowest BCUT2D eigenvalue weighted by Crippen LogP contribution is -1.93. The maximum absolute atomic E-state index is 6.36. The number of benzene rings is 10. The van der Waals surface area contributed by atoms with E-state index in [1.807, 2.05) is 12.1 Å². The monoisotopic (exact) mass is 646 g/mol. The van der Waals surface area contributed by atoms with Gasteiger partial charge in [0, 0.05) is 10.8 Å². The highest BCUT2D eigenvalue weighted by Crippen LogP contribution is 2.48. The van der Waals surface area contributed by atoms with E-state index in [9.17, 15) is 0 Å². The molecule has 0 N–H and O–H groups in total. The molecule has 0 aliphatic heterocycles. The molecule has 0 amide bonds. The van der Waals surface area contributed by atoms with Crippen molar-refractivity contribution in [3.05, 3.63) is 182 Å². The van der Waals surface area contributed by atoms with Gasteiger partial charge in [-0.1, -0.05) is 152 Å². The molecule has 10 aromatic carbocycles. The van der Waals surface area contributed by atoms with E-state index in [0.29, 0.717) is 0 Å². The van der Waals surface area contributed by atoms with Crippen LogP contribution in [0.1, 0.15) is 0 Å². The lowest BCUT2D eigenvalue weighted by molar-refractivity contribution is 0.669. The second kappa shape index (κ2) is 10.9. The summed E-state index contributed by atoms with van der Waals surface area (Å²) in [4.78, 5) is 0. The first-order valence-electron chi connectivity index (χ1n) is 17.6. The van der Waals surface area contributed by atoms with Crippen LogP contribution in [-0.4, -0.2) is 0 Å². The van der Waals surface area contributed by atoms with Gasteiger partial charge in [-0.15, -0.1) is 0 Å². The smallest absolute Gasteiger partial charge is 0.136 e. The van der Waals surface area contributed by atoms with Gasteiger partial charge in [0.15, 0.2) is 0 Å². The van der Waals surface area contributed by atoms with Crippen molar-refractivity contribution in [3.8, 4) is 33.4 Å². The van der Waals surface area contributed by atoms with Crippen LogP contribution >= 0.6 is 0 Å². The molecule has 0 spiro atoms. The van der Waals surface area contributed by atoms with E-state index >= 15 is 0 Å². The molecule has 0 atom stereocenters. The van der Waals surface area contributed by atoms with Crippen molar-refractivity contribution >= 4 is 75.8 Å². The van der Waals surface area contributed by atoms with E-state index in [1.165, 1.54) is 81.7 Å². The van der Waals surface area contributed by atoms with Crippen LogP contribution in [0.5, 0.6) is 0 Å². The zero-order chi connectivity index (χ0) is 33.5. The van der Waals surface area contributed by atoms with Gasteiger partial charge in [-0.3, -0.25) is 0 Å². The molecule has 0 aliphatic rings. The van der Waals surface area contributed by atoms with Crippen LogP contribution in [0.15, 0.2) is 186 Å². The van der Waals surface area contributed by atoms with Gasteiger partial charge in [0.05, 0.1) is 0 Å². The largest absolute Gasteiger partial charge is 0.456 e. The molecular weight excluding hydrogens is 617 g/mol. The van der Waals surface area contributed by atoms with Gasteiger partial charge < -0.3 is 4.42 Å². The van der Waals surface area contributed by atoms with E-state index in [1.54, 1.807) is 0 Å². The molecule has 1 heteroatoms. The van der Waals surface area contributed by atoms with Gasteiger partial charge in [0.1, 0.15) is 11.2 Å². The molecule has 1 aromatic heterocycles. The minimum absolute atomic E-state index is 0.913. The molecule has 1 nitrogen and oxygen atoms in total. The van der Waals surface area contributed by atoms with Crippen molar-refractivity contribution in [1.29, 1.82) is 0 Å². The molecule has 0 unspecified atom stereocenters. The molecule has 0 aliphatic carbocycles. The highest BCUT2D eigenvalue weighted by atomic mass is 16.3. The second-order valence-electron chi connectivity index (χ2n) is 13.6. The summed E-state index contributed by atoms with van der Waals surface area (Å²) in [6.45, 7) is 0. The van der Waals surface area contributed by atoms with E-state index in [4.69, 9.17) is 4.42 Å². The molecule has 0 radical (unpaired) electrons. The number of hydrogen-bond donors (Lipinski definition) is 0. The van der Waals surface area contributed by atoms with Crippen LogP contribution in [0.25, 0.3) is 109 Å². The Morgan fingerprint density at radius 3 is 1.31 bits per heavy atom. The highest BCUT2D eigenvalue weighted by molar-refractivity contribution is 6.29. The fourth-order valence-electron chi connectivity index (χ4n) is 8.62. The molecular formula is C50H30O. The van der Waals surface area contributed by atoms with Crippen LogP contribution in [0.2, 0.25) is 0 Å². The second-order valence-corrected chi connectivity index (χ2v) is 13.6. The zero-order valence-electron chi connectivity index (χ0n) is 27.7. The third kappa shape index (κ3) is 4.16. The summed E-state index contributed by atoms with van der Waals surface area (Å²) < 4.78 is 6.36. The minimum Gasteiger partial charge on any atom is -0.456 e. The predicted octanol–water partition coefficient (Wildman–Crippen LogP) is 14.4. The number of hydrogen-bond acceptors (Lipinski definition) is 1. The van der Waals surface area contributed by atoms with Crippen LogP contribution in [0.3, 0.4) is 0 Å². The van der Waals surface area contributed by atoms with E-state index in [0.717, 1.165) is 27.5 Å². The van der Waals surface area contributed by atoms with E-state index in [-0.39, 0.29) is 0 Å². The van der Waals surface area contributed by atoms with Gasteiger partial charge in [-0.2, -0.15) is 0 Å². The third-order valence-electron chi connectivity index (χ3n) is 10.8. The summed E-state index contributed by atoms with van der Waals surface area (Å²) in [6, 6.07) is 66.4. The summed E-state index contributed by atoms with van der Waals surface area (Å²) >= 11 is 0. The molecule has 0 saturated carbocycles. The zero-order valence-corrected chi connectivity index (χ0v) is 27.7. The minimum atomic E-state index is 0.913. The van der Waals surface area contributed by atoms with Crippen molar-refractivity contribution in [3.63, 3.8) is 0 Å². The third-order valence-corrected chi connectivity index (χ3v) is 10.8. The molecule has 0 fully saturated rings. The lowest BCUT2D eigenvalue weighted by Gasteiger charge is -2.20. The maximum Gasteiger partial charge on any atom is 0.136 e. The first-order chi connectivity index (χ1) is 25.3. The number of fused-ring (bicyclic) bond motifs is 10. The summed E-state index contributed by atoms with van der Waals surface area (Å²) in [5, 5.41) is 14.8. The van der Waals surface area contributed by atoms with Crippen LogP contribution in [0.4, 0.5) is 0 Å². The molecule has 11 aromatic rings. The quantitative estimate of drug-likeness (QED) is 0.138. The lowest BCUT2D eigenvalue weighted by atomic mass is 9.83. The van der Waals surface area contributed by atoms with Crippen molar-refractivity contribution in [2.24, 2.45) is 0 Å². The van der Waals surface area contributed by atoms with Crippen molar-refractivity contribution in [2.45, 2.75) is 0 Å². The maximum atomic E-state index is 6.36. The summed E-state index contributed by atoms with van der Waals surface area (Å²) in [7, 11) is 0. The summed E-state index contributed by atoms with van der Waals surface area (Å²) in [5.74, 6) is 0. The summed E-state index contributed by atoms with van der Waals surface area (Å²) in [5.41, 5.74) is 9.25. The van der Waals surface area contributed by atoms with Gasteiger partial charge >= 0.3 is 0 Å². The van der Waals surface area contributed by atoms with Gasteiger partial charge in [0.2, 0.25) is 0 Å². The average Bonchev–Trinajstić information content (AvgIpc) is 3.58. The van der Waals surface area contributed by atoms with Gasteiger partial charge in [-0.05, 0) is 118 Å². The van der Waals surface area contributed by atoms with Crippen molar-refractivity contribution < 1.29 is 4.42 Å². The number of para-hydroxylation sites is 1. The SMILES string of the molecule is c1ccc(-c2c3ccccc3c(-c3cc4c5ccccc5c(-c5ccc6c(c5)oc5ccccc56)cc4c4ccccc34)c3ccccc23)cc1. The summed E-state index contributed by atoms with van der Waals surface area (Å²) in [6.07, 6.45) is 0. The Balaban J connectivity index is 1.25. The molecule has 0 saturated heterocycles. The fourth-order valence-corrected chi connectivity index (χ4v) is 8.62. The fraction of sp³-hybridized carbons (Fsp3) is 0. The van der Waals surface area contributed by atoms with Gasteiger partial charge in [0.25, 0.3) is 0 Å². The van der Waals surface area contributed by atoms with E-state index < -0.39 is 0 Å².